The molecule has 1 heterocycles. The van der Waals surface area contributed by atoms with Crippen LogP contribution in [0, 0.1) is 11.5 Å². The van der Waals surface area contributed by atoms with E-state index in [1.807, 2.05) is 6.19 Å². The molecule has 1 fully saturated rings. The molecule has 0 amide bonds. The molecule has 1 saturated heterocycles. The Morgan fingerprint density at radius 1 is 1.32 bits per heavy atom. The zero-order valence-corrected chi connectivity index (χ0v) is 12.5. The van der Waals surface area contributed by atoms with Crippen LogP contribution in [0.25, 0.3) is 0 Å². The average Bonchev–Trinajstić information content (AvgIpc) is 2.77. The summed E-state index contributed by atoms with van der Waals surface area (Å²) in [6.45, 7) is 8.45. The Labute approximate surface area is 119 Å². The van der Waals surface area contributed by atoms with E-state index in [0.29, 0.717) is 0 Å². The van der Waals surface area contributed by atoms with Crippen LogP contribution in [0.3, 0.4) is 0 Å². The summed E-state index contributed by atoms with van der Waals surface area (Å²) in [5.41, 5.74) is 2.80. The molecule has 0 unspecified atom stereocenters. The van der Waals surface area contributed by atoms with Crippen molar-refractivity contribution in [3.05, 3.63) is 35.4 Å². The molecule has 2 rings (SSSR count). The number of hydrogen-bond donors (Lipinski definition) is 0. The van der Waals surface area contributed by atoms with Gasteiger partial charge in [-0.3, -0.25) is 0 Å². The molecule has 0 aliphatic carbocycles. The fraction of sp³-hybridized carbons (Fsp3) is 0.467. The maximum Gasteiger partial charge on any atom is 0.208 e. The van der Waals surface area contributed by atoms with Crippen LogP contribution in [-0.2, 0) is 12.0 Å². The van der Waals surface area contributed by atoms with E-state index < -0.39 is 0 Å². The number of benzene rings is 1. The van der Waals surface area contributed by atoms with E-state index in [-0.39, 0.29) is 5.41 Å². The molecule has 0 radical (unpaired) electrons. The number of hydrogen-bond acceptors (Lipinski definition) is 3. The molecule has 1 aliphatic heterocycles. The van der Waals surface area contributed by atoms with E-state index in [1.165, 1.54) is 11.1 Å². The van der Waals surface area contributed by atoms with Gasteiger partial charge in [-0.15, -0.1) is 4.99 Å². The van der Waals surface area contributed by atoms with Crippen LogP contribution < -0.4 is 0 Å². The number of amidine groups is 1. The van der Waals surface area contributed by atoms with E-state index in [4.69, 9.17) is 5.26 Å². The fourth-order valence-electron chi connectivity index (χ4n) is 2.06. The summed E-state index contributed by atoms with van der Waals surface area (Å²) in [4.78, 5) is 6.04. The van der Waals surface area contributed by atoms with Crippen LogP contribution in [0.2, 0.25) is 0 Å². The first-order chi connectivity index (χ1) is 9.00. The molecule has 1 aromatic rings. The fourth-order valence-corrected chi connectivity index (χ4v) is 3.00. The molecular weight excluding hydrogens is 254 g/mol. The van der Waals surface area contributed by atoms with E-state index in [9.17, 15) is 0 Å². The molecule has 4 heteroatoms. The van der Waals surface area contributed by atoms with Crippen molar-refractivity contribution in [3.63, 3.8) is 0 Å². The molecule has 0 N–H and O–H groups in total. The second-order valence-corrected chi connectivity index (χ2v) is 6.77. The van der Waals surface area contributed by atoms with Gasteiger partial charge in [0.05, 0.1) is 0 Å². The Kier molecular flexibility index (Phi) is 4.16. The predicted molar refractivity (Wildman–Crippen MR) is 81.1 cm³/mol. The molecule has 100 valence electrons. The number of nitrogens with zero attached hydrogens (tertiary/aromatic N) is 3. The van der Waals surface area contributed by atoms with Gasteiger partial charge in [0.1, 0.15) is 0 Å². The van der Waals surface area contributed by atoms with Crippen LogP contribution >= 0.6 is 11.8 Å². The van der Waals surface area contributed by atoms with Crippen molar-refractivity contribution < 1.29 is 0 Å². The van der Waals surface area contributed by atoms with Crippen molar-refractivity contribution in [1.82, 2.24) is 4.90 Å². The Bertz CT molecular complexity index is 506. The molecule has 1 aromatic carbocycles. The zero-order chi connectivity index (χ0) is 13.9. The first kappa shape index (κ1) is 14.0. The van der Waals surface area contributed by atoms with Crippen LogP contribution in [-0.4, -0.2) is 22.4 Å². The highest BCUT2D eigenvalue weighted by atomic mass is 32.2. The van der Waals surface area contributed by atoms with Gasteiger partial charge in [0.25, 0.3) is 0 Å². The van der Waals surface area contributed by atoms with Crippen molar-refractivity contribution in [1.29, 1.82) is 5.26 Å². The molecule has 0 aromatic heterocycles. The lowest BCUT2D eigenvalue weighted by atomic mass is 9.87. The highest BCUT2D eigenvalue weighted by molar-refractivity contribution is 8.14. The highest BCUT2D eigenvalue weighted by Crippen LogP contribution is 2.24. The maximum absolute atomic E-state index is 8.66. The summed E-state index contributed by atoms with van der Waals surface area (Å²) in [5.74, 6) is 1.01. The Balaban J connectivity index is 2.08. The maximum atomic E-state index is 8.66. The van der Waals surface area contributed by atoms with Crippen molar-refractivity contribution >= 4 is 16.9 Å². The highest BCUT2D eigenvalue weighted by Gasteiger charge is 2.20. The smallest absolute Gasteiger partial charge is 0.208 e. The first-order valence-electron chi connectivity index (χ1n) is 6.44. The van der Waals surface area contributed by atoms with Crippen LogP contribution in [0.4, 0.5) is 0 Å². The van der Waals surface area contributed by atoms with E-state index in [2.05, 4.69) is 54.9 Å². The van der Waals surface area contributed by atoms with Crippen molar-refractivity contribution in [3.8, 4) is 6.19 Å². The summed E-state index contributed by atoms with van der Waals surface area (Å²) in [5, 5.41) is 9.51. The lowest BCUT2D eigenvalue weighted by molar-refractivity contribution is 0.457. The lowest BCUT2D eigenvalue weighted by Gasteiger charge is -2.21. The first-order valence-corrected chi connectivity index (χ1v) is 7.43. The summed E-state index contributed by atoms with van der Waals surface area (Å²) < 4.78 is 0. The van der Waals surface area contributed by atoms with Crippen molar-refractivity contribution in [2.24, 2.45) is 4.99 Å². The molecule has 3 nitrogen and oxygen atoms in total. The van der Waals surface area contributed by atoms with Crippen LogP contribution in [0.5, 0.6) is 0 Å². The van der Waals surface area contributed by atoms with Gasteiger partial charge < -0.3 is 4.90 Å². The third kappa shape index (κ3) is 3.51. The second-order valence-electron chi connectivity index (χ2n) is 5.71. The summed E-state index contributed by atoms with van der Waals surface area (Å²) in [6.07, 6.45) is 1.88. The van der Waals surface area contributed by atoms with Gasteiger partial charge in [0, 0.05) is 18.8 Å². The van der Waals surface area contributed by atoms with Crippen LogP contribution in [0.15, 0.2) is 29.3 Å². The minimum Gasteiger partial charge on any atom is -0.345 e. The number of aliphatic imine (C=N–C) groups is 1. The zero-order valence-electron chi connectivity index (χ0n) is 11.7. The number of nitriles is 1. The summed E-state index contributed by atoms with van der Waals surface area (Å²) in [7, 11) is 0. The lowest BCUT2D eigenvalue weighted by Crippen LogP contribution is -2.23. The standard InChI is InChI=1S/C15H19N3S/c1-15(2,3)13-6-4-12(5-7-13)10-18-8-9-19-14(18)17-11-16/h4-7H,8-10H2,1-3H3. The molecule has 0 saturated carbocycles. The quantitative estimate of drug-likeness (QED) is 0.776. The summed E-state index contributed by atoms with van der Waals surface area (Å²) in [6, 6.07) is 8.74. The SMILES string of the molecule is CC(C)(C)c1ccc(CN2CCSC2=NC#N)cc1. The molecule has 19 heavy (non-hydrogen) atoms. The van der Waals surface area contributed by atoms with Crippen molar-refractivity contribution in [2.45, 2.75) is 32.7 Å². The van der Waals surface area contributed by atoms with Gasteiger partial charge in [0.15, 0.2) is 5.17 Å². The number of thioether (sulfide) groups is 1. The Morgan fingerprint density at radius 2 is 2.00 bits per heavy atom. The monoisotopic (exact) mass is 273 g/mol. The number of rotatable bonds is 2. The Morgan fingerprint density at radius 3 is 2.58 bits per heavy atom. The van der Waals surface area contributed by atoms with E-state index in [0.717, 1.165) is 24.0 Å². The van der Waals surface area contributed by atoms with Gasteiger partial charge in [-0.25, -0.2) is 0 Å². The van der Waals surface area contributed by atoms with Gasteiger partial charge in [-0.1, -0.05) is 56.8 Å². The molecule has 1 aliphatic rings. The topological polar surface area (TPSA) is 39.4 Å². The Hall–Kier alpha value is -1.47. The third-order valence-electron chi connectivity index (χ3n) is 3.20. The largest absolute Gasteiger partial charge is 0.345 e. The third-order valence-corrected chi connectivity index (χ3v) is 4.20. The average molecular weight is 273 g/mol. The molecule has 0 spiro atoms. The molecule has 0 atom stereocenters. The normalized spacial score (nSPS) is 17.8. The van der Waals surface area contributed by atoms with Gasteiger partial charge in [-0.05, 0) is 16.5 Å². The van der Waals surface area contributed by atoms with E-state index >= 15 is 0 Å². The van der Waals surface area contributed by atoms with Crippen molar-refractivity contribution in [2.75, 3.05) is 12.3 Å². The predicted octanol–water partition coefficient (Wildman–Crippen LogP) is 3.37. The van der Waals surface area contributed by atoms with Gasteiger partial charge in [0.2, 0.25) is 6.19 Å². The molecular formula is C15H19N3S. The van der Waals surface area contributed by atoms with Gasteiger partial charge >= 0.3 is 0 Å². The van der Waals surface area contributed by atoms with E-state index in [1.54, 1.807) is 11.8 Å². The van der Waals surface area contributed by atoms with Gasteiger partial charge in [-0.2, -0.15) is 5.26 Å². The minimum atomic E-state index is 0.190. The minimum absolute atomic E-state index is 0.190. The van der Waals surface area contributed by atoms with Crippen LogP contribution in [0.1, 0.15) is 31.9 Å². The molecule has 0 bridgehead atoms. The second kappa shape index (κ2) is 5.66. The summed E-state index contributed by atoms with van der Waals surface area (Å²) >= 11 is 1.66.